The smallest absolute Gasteiger partial charge is 0.255 e. The standard InChI is InChI=1S/C26H28FN3O5S/c1-15-4-3-5-16(2)24(15)36(34,35)29-10-8-17(9-11-29)19-12-18(27)13-20-21(19)14-30(26(20)33)22-6-7-23(31)28-25(22)32/h3-5,12-13,17,22H,6-11,14H2,1-2H3,(H,28,31,32). The molecule has 5 rings (SSSR count). The third-order valence-corrected chi connectivity index (χ3v) is 9.76. The third-order valence-electron chi connectivity index (χ3n) is 7.56. The molecule has 1 atom stereocenters. The summed E-state index contributed by atoms with van der Waals surface area (Å²) in [6.07, 6.45) is 1.36. The Hall–Kier alpha value is -3.11. The Labute approximate surface area is 209 Å². The summed E-state index contributed by atoms with van der Waals surface area (Å²) in [5.41, 5.74) is 3.01. The Kier molecular flexibility index (Phi) is 6.20. The Morgan fingerprint density at radius 3 is 2.31 bits per heavy atom. The van der Waals surface area contributed by atoms with Crippen molar-refractivity contribution in [3.8, 4) is 0 Å². The summed E-state index contributed by atoms with van der Waals surface area (Å²) < 4.78 is 42.9. The molecular weight excluding hydrogens is 485 g/mol. The number of rotatable bonds is 4. The fourth-order valence-electron chi connectivity index (χ4n) is 5.76. The zero-order valence-electron chi connectivity index (χ0n) is 20.2. The number of carbonyl (C=O) groups excluding carboxylic acids is 3. The highest BCUT2D eigenvalue weighted by Gasteiger charge is 2.41. The van der Waals surface area contributed by atoms with E-state index in [1.54, 1.807) is 26.0 Å². The summed E-state index contributed by atoms with van der Waals surface area (Å²) in [6, 6.07) is 7.26. The van der Waals surface area contributed by atoms with E-state index in [2.05, 4.69) is 5.32 Å². The molecule has 3 amide bonds. The number of benzene rings is 2. The van der Waals surface area contributed by atoms with Crippen LogP contribution in [0, 0.1) is 19.7 Å². The molecule has 0 aromatic heterocycles. The van der Waals surface area contributed by atoms with Crippen LogP contribution in [0.5, 0.6) is 0 Å². The molecule has 190 valence electrons. The molecule has 0 saturated carbocycles. The number of carbonyl (C=O) groups is 3. The first kappa shape index (κ1) is 24.6. The number of piperidine rings is 2. The number of amides is 3. The second-order valence-corrected chi connectivity index (χ2v) is 11.7. The summed E-state index contributed by atoms with van der Waals surface area (Å²) >= 11 is 0. The van der Waals surface area contributed by atoms with Gasteiger partial charge in [0.05, 0.1) is 4.90 Å². The van der Waals surface area contributed by atoms with Crippen LogP contribution in [0.15, 0.2) is 35.2 Å². The van der Waals surface area contributed by atoms with E-state index in [9.17, 15) is 27.2 Å². The molecule has 2 aromatic rings. The first-order valence-electron chi connectivity index (χ1n) is 12.1. The van der Waals surface area contributed by atoms with Gasteiger partial charge in [-0.15, -0.1) is 0 Å². The molecule has 0 radical (unpaired) electrons. The van der Waals surface area contributed by atoms with Crippen molar-refractivity contribution in [3.05, 3.63) is 64.0 Å². The van der Waals surface area contributed by atoms with Crippen LogP contribution >= 0.6 is 0 Å². The van der Waals surface area contributed by atoms with Crippen LogP contribution < -0.4 is 5.32 Å². The summed E-state index contributed by atoms with van der Waals surface area (Å²) in [5, 5.41) is 2.28. The zero-order chi connectivity index (χ0) is 25.8. The highest BCUT2D eigenvalue weighted by molar-refractivity contribution is 7.89. The van der Waals surface area contributed by atoms with Gasteiger partial charge in [-0.05, 0) is 73.4 Å². The first-order chi connectivity index (χ1) is 17.1. The molecule has 8 nitrogen and oxygen atoms in total. The minimum absolute atomic E-state index is 0.117. The molecule has 1 unspecified atom stereocenters. The fraction of sp³-hybridized carbons (Fsp3) is 0.423. The first-order valence-corrected chi connectivity index (χ1v) is 13.5. The van der Waals surface area contributed by atoms with Crippen LogP contribution in [0.1, 0.15) is 64.2 Å². The van der Waals surface area contributed by atoms with E-state index in [-0.39, 0.29) is 49.9 Å². The third kappa shape index (κ3) is 4.12. The minimum Gasteiger partial charge on any atom is -0.322 e. The predicted molar refractivity (Wildman–Crippen MR) is 129 cm³/mol. The van der Waals surface area contributed by atoms with E-state index < -0.39 is 33.7 Å². The Morgan fingerprint density at radius 2 is 1.67 bits per heavy atom. The monoisotopic (exact) mass is 513 g/mol. The summed E-state index contributed by atoms with van der Waals surface area (Å²) in [5.74, 6) is -1.95. The molecule has 0 spiro atoms. The average molecular weight is 514 g/mol. The lowest BCUT2D eigenvalue weighted by molar-refractivity contribution is -0.136. The van der Waals surface area contributed by atoms with Crippen molar-refractivity contribution >= 4 is 27.7 Å². The quantitative estimate of drug-likeness (QED) is 0.634. The van der Waals surface area contributed by atoms with Crippen molar-refractivity contribution in [1.82, 2.24) is 14.5 Å². The molecule has 3 aliphatic rings. The molecule has 10 heteroatoms. The van der Waals surface area contributed by atoms with E-state index in [0.29, 0.717) is 40.0 Å². The molecule has 3 aliphatic heterocycles. The SMILES string of the molecule is Cc1cccc(C)c1S(=O)(=O)N1CCC(c2cc(F)cc3c2CN(C2CCC(=O)NC2=O)C3=O)CC1. The van der Waals surface area contributed by atoms with Gasteiger partial charge < -0.3 is 4.90 Å². The lowest BCUT2D eigenvalue weighted by Gasteiger charge is -2.33. The molecule has 0 bridgehead atoms. The summed E-state index contributed by atoms with van der Waals surface area (Å²) in [7, 11) is -3.67. The maximum Gasteiger partial charge on any atom is 0.255 e. The van der Waals surface area contributed by atoms with Crippen LogP contribution in [-0.2, 0) is 26.2 Å². The van der Waals surface area contributed by atoms with Gasteiger partial charge in [-0.1, -0.05) is 18.2 Å². The van der Waals surface area contributed by atoms with Crippen molar-refractivity contribution in [2.45, 2.75) is 62.9 Å². The number of sulfonamides is 1. The Balaban J connectivity index is 1.37. The van der Waals surface area contributed by atoms with Gasteiger partial charge in [0.1, 0.15) is 11.9 Å². The van der Waals surface area contributed by atoms with Gasteiger partial charge in [-0.25, -0.2) is 12.8 Å². The van der Waals surface area contributed by atoms with Crippen LogP contribution in [0.3, 0.4) is 0 Å². The van der Waals surface area contributed by atoms with Crippen LogP contribution in [0.4, 0.5) is 4.39 Å². The van der Waals surface area contributed by atoms with Crippen molar-refractivity contribution in [2.75, 3.05) is 13.1 Å². The van der Waals surface area contributed by atoms with E-state index in [0.717, 1.165) is 0 Å². The molecule has 1 N–H and O–H groups in total. The second kappa shape index (κ2) is 9.08. The largest absolute Gasteiger partial charge is 0.322 e. The second-order valence-electron chi connectivity index (χ2n) is 9.82. The van der Waals surface area contributed by atoms with Gasteiger partial charge in [0.25, 0.3) is 5.91 Å². The Bertz CT molecular complexity index is 1360. The highest BCUT2D eigenvalue weighted by Crippen LogP contribution is 2.39. The summed E-state index contributed by atoms with van der Waals surface area (Å²) in [4.78, 5) is 38.8. The van der Waals surface area contributed by atoms with Crippen molar-refractivity contribution < 1.29 is 27.2 Å². The maximum atomic E-state index is 14.6. The minimum atomic E-state index is -3.67. The maximum absolute atomic E-state index is 14.6. The fourth-order valence-corrected chi connectivity index (χ4v) is 7.66. The number of nitrogens with one attached hydrogen (secondary N) is 1. The van der Waals surface area contributed by atoms with E-state index in [4.69, 9.17) is 0 Å². The van der Waals surface area contributed by atoms with Crippen LogP contribution in [0.25, 0.3) is 0 Å². The van der Waals surface area contributed by atoms with Crippen molar-refractivity contribution in [3.63, 3.8) is 0 Å². The summed E-state index contributed by atoms with van der Waals surface area (Å²) in [6.45, 7) is 4.31. The lowest BCUT2D eigenvalue weighted by atomic mass is 9.86. The van der Waals surface area contributed by atoms with E-state index in [1.807, 2.05) is 6.07 Å². The molecule has 2 fully saturated rings. The molecule has 2 saturated heterocycles. The van der Waals surface area contributed by atoms with Crippen molar-refractivity contribution in [1.29, 1.82) is 0 Å². The molecule has 3 heterocycles. The predicted octanol–water partition coefficient (Wildman–Crippen LogP) is 2.77. The van der Waals surface area contributed by atoms with Gasteiger partial charge in [0.2, 0.25) is 21.8 Å². The number of aryl methyl sites for hydroxylation is 2. The normalized spacial score (nSPS) is 21.6. The van der Waals surface area contributed by atoms with Gasteiger partial charge in [-0.3, -0.25) is 19.7 Å². The van der Waals surface area contributed by atoms with Crippen molar-refractivity contribution in [2.24, 2.45) is 0 Å². The highest BCUT2D eigenvalue weighted by atomic mass is 32.2. The average Bonchev–Trinajstić information content (AvgIpc) is 3.14. The number of hydrogen-bond donors (Lipinski definition) is 1. The van der Waals surface area contributed by atoms with Gasteiger partial charge in [0, 0.05) is 31.6 Å². The molecule has 2 aromatic carbocycles. The van der Waals surface area contributed by atoms with Gasteiger partial charge >= 0.3 is 0 Å². The number of imide groups is 1. The van der Waals surface area contributed by atoms with Crippen LogP contribution in [0.2, 0.25) is 0 Å². The topological polar surface area (TPSA) is 104 Å². The van der Waals surface area contributed by atoms with Gasteiger partial charge in [-0.2, -0.15) is 4.31 Å². The number of nitrogens with zero attached hydrogens (tertiary/aromatic N) is 2. The lowest BCUT2D eigenvalue weighted by Crippen LogP contribution is -2.52. The molecule has 0 aliphatic carbocycles. The number of fused-ring (bicyclic) bond motifs is 1. The number of halogens is 1. The number of hydrogen-bond acceptors (Lipinski definition) is 5. The van der Waals surface area contributed by atoms with E-state index >= 15 is 0 Å². The Morgan fingerprint density at radius 1 is 1.00 bits per heavy atom. The molecule has 36 heavy (non-hydrogen) atoms. The van der Waals surface area contributed by atoms with E-state index in [1.165, 1.54) is 21.3 Å². The zero-order valence-corrected chi connectivity index (χ0v) is 21.0. The van der Waals surface area contributed by atoms with Gasteiger partial charge in [0.15, 0.2) is 0 Å². The van der Waals surface area contributed by atoms with Crippen LogP contribution in [-0.4, -0.2) is 54.5 Å². The molecular formula is C26H28FN3O5S.